The van der Waals surface area contributed by atoms with Crippen molar-refractivity contribution in [2.24, 2.45) is 0 Å². The van der Waals surface area contributed by atoms with Gasteiger partial charge in [-0.05, 0) is 42.5 Å². The van der Waals surface area contributed by atoms with Gasteiger partial charge in [-0.2, -0.15) is 0 Å². The number of aliphatic carboxylic acids is 1. The lowest BCUT2D eigenvalue weighted by atomic mass is 9.93. The van der Waals surface area contributed by atoms with E-state index < -0.39 is 12.0 Å². The summed E-state index contributed by atoms with van der Waals surface area (Å²) in [5.74, 6) is 0.0560. The van der Waals surface area contributed by atoms with Gasteiger partial charge in [-0.3, -0.25) is 9.69 Å². The van der Waals surface area contributed by atoms with E-state index in [2.05, 4.69) is 47.4 Å². The molecular weight excluding hydrogens is 374 g/mol. The highest BCUT2D eigenvalue weighted by atomic mass is 16.5. The Morgan fingerprint density at radius 1 is 1.00 bits per heavy atom. The topological polar surface area (TPSA) is 49.8 Å². The predicted molar refractivity (Wildman–Crippen MR) is 119 cm³/mol. The van der Waals surface area contributed by atoms with Crippen LogP contribution in [-0.4, -0.2) is 35.2 Å². The molecular formula is C26H27NO3. The SMILES string of the molecule is CCOc1ccccc1C(c1ccc(-c2ccccc2)cc1)N1CCCC1C(=O)O. The molecule has 0 aromatic heterocycles. The lowest BCUT2D eigenvalue weighted by Crippen LogP contribution is -2.39. The van der Waals surface area contributed by atoms with E-state index in [1.54, 1.807) is 0 Å². The van der Waals surface area contributed by atoms with Crippen LogP contribution < -0.4 is 4.74 Å². The average Bonchev–Trinajstić information content (AvgIpc) is 3.26. The van der Waals surface area contributed by atoms with E-state index in [0.717, 1.165) is 35.4 Å². The van der Waals surface area contributed by atoms with Crippen LogP contribution >= 0.6 is 0 Å². The van der Waals surface area contributed by atoms with Crippen molar-refractivity contribution >= 4 is 5.97 Å². The van der Waals surface area contributed by atoms with Gasteiger partial charge in [0, 0.05) is 12.1 Å². The van der Waals surface area contributed by atoms with Crippen molar-refractivity contribution in [2.75, 3.05) is 13.2 Å². The first kappa shape index (κ1) is 20.2. The Bertz CT molecular complexity index is 985. The summed E-state index contributed by atoms with van der Waals surface area (Å²) in [7, 11) is 0. The van der Waals surface area contributed by atoms with E-state index in [0.29, 0.717) is 13.0 Å². The number of carboxylic acid groups (broad SMARTS) is 1. The van der Waals surface area contributed by atoms with E-state index in [4.69, 9.17) is 4.74 Å². The van der Waals surface area contributed by atoms with Gasteiger partial charge in [0.25, 0.3) is 0 Å². The van der Waals surface area contributed by atoms with Crippen LogP contribution in [-0.2, 0) is 4.79 Å². The largest absolute Gasteiger partial charge is 0.494 e. The minimum Gasteiger partial charge on any atom is -0.494 e. The fraction of sp³-hybridized carbons (Fsp3) is 0.269. The van der Waals surface area contributed by atoms with E-state index in [1.165, 1.54) is 5.56 Å². The van der Waals surface area contributed by atoms with Crippen LogP contribution in [0.1, 0.15) is 36.9 Å². The number of para-hydroxylation sites is 1. The van der Waals surface area contributed by atoms with Gasteiger partial charge in [0.05, 0.1) is 12.6 Å². The van der Waals surface area contributed by atoms with Crippen LogP contribution in [0.4, 0.5) is 0 Å². The highest BCUT2D eigenvalue weighted by Gasteiger charge is 2.37. The van der Waals surface area contributed by atoms with Crippen molar-refractivity contribution in [2.45, 2.75) is 31.8 Å². The van der Waals surface area contributed by atoms with Gasteiger partial charge >= 0.3 is 5.97 Å². The summed E-state index contributed by atoms with van der Waals surface area (Å²) in [6.07, 6.45) is 1.55. The van der Waals surface area contributed by atoms with Crippen molar-refractivity contribution in [1.82, 2.24) is 4.90 Å². The molecule has 2 unspecified atom stereocenters. The Labute approximate surface area is 177 Å². The fourth-order valence-electron chi connectivity index (χ4n) is 4.39. The minimum absolute atomic E-state index is 0.166. The summed E-state index contributed by atoms with van der Waals surface area (Å²) in [5.41, 5.74) is 4.40. The Balaban J connectivity index is 1.77. The molecule has 0 amide bonds. The van der Waals surface area contributed by atoms with Crippen LogP contribution in [0.3, 0.4) is 0 Å². The van der Waals surface area contributed by atoms with Gasteiger partial charge in [0.15, 0.2) is 0 Å². The second kappa shape index (κ2) is 9.14. The van der Waals surface area contributed by atoms with E-state index in [1.807, 2.05) is 43.3 Å². The third-order valence-electron chi connectivity index (χ3n) is 5.76. The van der Waals surface area contributed by atoms with Crippen LogP contribution in [0.25, 0.3) is 11.1 Å². The number of carbonyl (C=O) groups is 1. The summed E-state index contributed by atoms with van der Waals surface area (Å²) in [5, 5.41) is 9.82. The number of hydrogen-bond donors (Lipinski definition) is 1. The number of carboxylic acids is 1. The van der Waals surface area contributed by atoms with Gasteiger partial charge in [0.2, 0.25) is 0 Å². The van der Waals surface area contributed by atoms with E-state index in [-0.39, 0.29) is 6.04 Å². The molecule has 2 atom stereocenters. The molecule has 1 fully saturated rings. The molecule has 4 heteroatoms. The molecule has 30 heavy (non-hydrogen) atoms. The first-order valence-electron chi connectivity index (χ1n) is 10.5. The van der Waals surface area contributed by atoms with Crippen molar-refractivity contribution in [3.05, 3.63) is 90.0 Å². The smallest absolute Gasteiger partial charge is 0.320 e. The zero-order valence-corrected chi connectivity index (χ0v) is 17.2. The summed E-state index contributed by atoms with van der Waals surface area (Å²) in [6.45, 7) is 3.29. The maximum absolute atomic E-state index is 12.0. The molecule has 0 saturated carbocycles. The van der Waals surface area contributed by atoms with Crippen molar-refractivity contribution in [3.63, 3.8) is 0 Å². The fourth-order valence-corrected chi connectivity index (χ4v) is 4.39. The second-order valence-corrected chi connectivity index (χ2v) is 7.60. The molecule has 3 aromatic carbocycles. The van der Waals surface area contributed by atoms with Gasteiger partial charge in [-0.1, -0.05) is 72.8 Å². The number of ether oxygens (including phenoxy) is 1. The lowest BCUT2D eigenvalue weighted by Gasteiger charge is -2.33. The maximum Gasteiger partial charge on any atom is 0.320 e. The second-order valence-electron chi connectivity index (χ2n) is 7.60. The van der Waals surface area contributed by atoms with Crippen LogP contribution in [0.2, 0.25) is 0 Å². The third-order valence-corrected chi connectivity index (χ3v) is 5.76. The molecule has 1 aliphatic heterocycles. The van der Waals surface area contributed by atoms with Crippen molar-refractivity contribution in [3.8, 4) is 16.9 Å². The highest BCUT2D eigenvalue weighted by molar-refractivity contribution is 5.74. The molecule has 1 N–H and O–H groups in total. The Hall–Kier alpha value is -3.11. The molecule has 0 radical (unpaired) electrons. The number of hydrogen-bond acceptors (Lipinski definition) is 3. The standard InChI is InChI=1S/C26H27NO3/c1-2-30-24-13-7-6-11-22(24)25(27-18-8-12-23(27)26(28)29)21-16-14-20(15-17-21)19-9-4-3-5-10-19/h3-7,9-11,13-17,23,25H,2,8,12,18H2,1H3,(H,28,29). The van der Waals surface area contributed by atoms with Crippen LogP contribution in [0.15, 0.2) is 78.9 Å². The zero-order valence-electron chi connectivity index (χ0n) is 17.2. The summed E-state index contributed by atoms with van der Waals surface area (Å²) in [4.78, 5) is 14.1. The minimum atomic E-state index is -0.757. The summed E-state index contributed by atoms with van der Waals surface area (Å²) < 4.78 is 5.91. The van der Waals surface area contributed by atoms with Gasteiger partial charge < -0.3 is 9.84 Å². The highest BCUT2D eigenvalue weighted by Crippen LogP contribution is 2.39. The number of benzene rings is 3. The van der Waals surface area contributed by atoms with Crippen LogP contribution in [0, 0.1) is 0 Å². The van der Waals surface area contributed by atoms with Gasteiger partial charge in [-0.15, -0.1) is 0 Å². The molecule has 0 bridgehead atoms. The molecule has 4 rings (SSSR count). The first-order chi connectivity index (χ1) is 14.7. The first-order valence-corrected chi connectivity index (χ1v) is 10.5. The summed E-state index contributed by atoms with van der Waals surface area (Å²) in [6, 6.07) is 26.1. The predicted octanol–water partition coefficient (Wildman–Crippen LogP) is 5.39. The molecule has 4 nitrogen and oxygen atoms in total. The zero-order chi connectivity index (χ0) is 20.9. The van der Waals surface area contributed by atoms with E-state index >= 15 is 0 Å². The molecule has 1 saturated heterocycles. The van der Waals surface area contributed by atoms with Crippen LogP contribution in [0.5, 0.6) is 5.75 Å². The molecule has 0 aliphatic carbocycles. The third kappa shape index (κ3) is 4.10. The van der Waals surface area contributed by atoms with Gasteiger partial charge in [-0.25, -0.2) is 0 Å². The number of rotatable bonds is 7. The van der Waals surface area contributed by atoms with Crippen molar-refractivity contribution in [1.29, 1.82) is 0 Å². The molecule has 1 aliphatic rings. The Morgan fingerprint density at radius 2 is 1.67 bits per heavy atom. The average molecular weight is 402 g/mol. The normalized spacial score (nSPS) is 17.6. The monoisotopic (exact) mass is 401 g/mol. The maximum atomic E-state index is 12.0. The number of nitrogens with zero attached hydrogens (tertiary/aromatic N) is 1. The van der Waals surface area contributed by atoms with Gasteiger partial charge in [0.1, 0.15) is 11.8 Å². The quantitative estimate of drug-likeness (QED) is 0.577. The van der Waals surface area contributed by atoms with Crippen molar-refractivity contribution < 1.29 is 14.6 Å². The van der Waals surface area contributed by atoms with E-state index in [9.17, 15) is 9.90 Å². The molecule has 154 valence electrons. The molecule has 1 heterocycles. The molecule has 0 spiro atoms. The Morgan fingerprint density at radius 3 is 2.37 bits per heavy atom. The molecule has 3 aromatic rings. The lowest BCUT2D eigenvalue weighted by molar-refractivity contribution is -0.142. The summed E-state index contributed by atoms with van der Waals surface area (Å²) >= 11 is 0. The number of likely N-dealkylation sites (tertiary alicyclic amines) is 1. The Kier molecular flexibility index (Phi) is 6.15.